The fourth-order valence-electron chi connectivity index (χ4n) is 0.818. The number of nitrogens with zero attached hydrogens (tertiary/aromatic N) is 1. The number of rotatable bonds is 3. The van der Waals surface area contributed by atoms with Crippen LogP contribution in [0.25, 0.3) is 0 Å². The van der Waals surface area contributed by atoms with Crippen molar-refractivity contribution in [2.45, 2.75) is 19.9 Å². The highest BCUT2D eigenvalue weighted by molar-refractivity contribution is 4.73. The molecule has 0 aromatic rings. The monoisotopic (exact) mass is 161 g/mol. The summed E-state index contributed by atoms with van der Waals surface area (Å²) in [5.41, 5.74) is 0. The Kier molecular flexibility index (Phi) is 6.51. The van der Waals surface area contributed by atoms with Crippen LogP contribution in [-0.4, -0.2) is 49.5 Å². The van der Waals surface area contributed by atoms with Gasteiger partial charge in [0.15, 0.2) is 0 Å². The van der Waals surface area contributed by atoms with E-state index in [-0.39, 0.29) is 6.61 Å². The van der Waals surface area contributed by atoms with Crippen LogP contribution in [0.4, 0.5) is 0 Å². The zero-order valence-corrected chi connectivity index (χ0v) is 7.71. The molecule has 1 aliphatic heterocycles. The Balaban J connectivity index is 0.000000461. The third kappa shape index (κ3) is 3.70. The molecular weight excluding hydrogens is 142 g/mol. The van der Waals surface area contributed by atoms with Gasteiger partial charge in [0.05, 0.1) is 25.9 Å². The molecule has 0 radical (unpaired) electrons. The van der Waals surface area contributed by atoms with Gasteiger partial charge in [-0.1, -0.05) is 13.8 Å². The van der Waals surface area contributed by atoms with Gasteiger partial charge in [-0.15, -0.1) is 0 Å². The summed E-state index contributed by atoms with van der Waals surface area (Å²) in [5, 5.41) is 8.52. The van der Waals surface area contributed by atoms with Crippen molar-refractivity contribution in [2.24, 2.45) is 0 Å². The predicted molar refractivity (Wildman–Crippen MR) is 45.7 cm³/mol. The van der Waals surface area contributed by atoms with Crippen LogP contribution in [-0.2, 0) is 4.74 Å². The highest BCUT2D eigenvalue weighted by Crippen LogP contribution is 2.06. The van der Waals surface area contributed by atoms with Gasteiger partial charge < -0.3 is 9.84 Å². The van der Waals surface area contributed by atoms with Crippen LogP contribution in [0, 0.1) is 0 Å². The van der Waals surface area contributed by atoms with Crippen LogP contribution in [0.5, 0.6) is 0 Å². The Labute approximate surface area is 69.0 Å². The van der Waals surface area contributed by atoms with Crippen molar-refractivity contribution < 1.29 is 9.84 Å². The van der Waals surface area contributed by atoms with Crippen molar-refractivity contribution in [1.29, 1.82) is 0 Å². The fraction of sp³-hybridized carbons (Fsp3) is 1.00. The van der Waals surface area contributed by atoms with Crippen LogP contribution in [0.15, 0.2) is 0 Å². The van der Waals surface area contributed by atoms with E-state index < -0.39 is 0 Å². The van der Waals surface area contributed by atoms with Crippen molar-refractivity contribution in [1.82, 2.24) is 4.90 Å². The van der Waals surface area contributed by atoms with E-state index in [4.69, 9.17) is 9.84 Å². The topological polar surface area (TPSA) is 32.7 Å². The summed E-state index contributed by atoms with van der Waals surface area (Å²) in [6, 6.07) is 0.553. The van der Waals surface area contributed by atoms with Gasteiger partial charge in [0.25, 0.3) is 0 Å². The van der Waals surface area contributed by atoms with Crippen LogP contribution in [0.1, 0.15) is 13.8 Å². The number of aliphatic hydroxyl groups excluding tert-OH is 1. The van der Waals surface area contributed by atoms with Crippen LogP contribution in [0.3, 0.4) is 0 Å². The van der Waals surface area contributed by atoms with Gasteiger partial charge in [-0.05, 0) is 7.05 Å². The molecular formula is C8H19NO2. The Morgan fingerprint density at radius 2 is 2.00 bits per heavy atom. The average Bonchev–Trinajstić information content (AvgIpc) is 1.89. The van der Waals surface area contributed by atoms with E-state index in [9.17, 15) is 0 Å². The minimum atomic E-state index is 0.243. The van der Waals surface area contributed by atoms with Gasteiger partial charge in [-0.25, -0.2) is 0 Å². The third-order valence-corrected chi connectivity index (χ3v) is 1.70. The summed E-state index contributed by atoms with van der Waals surface area (Å²) in [6.45, 7) is 6.66. The first kappa shape index (κ1) is 10.9. The maximum Gasteiger partial charge on any atom is 0.0645 e. The molecule has 0 aromatic heterocycles. The molecule has 0 atom stereocenters. The van der Waals surface area contributed by atoms with Gasteiger partial charge in [-0.2, -0.15) is 0 Å². The fourth-order valence-corrected chi connectivity index (χ4v) is 0.818. The largest absolute Gasteiger partial charge is 0.395 e. The van der Waals surface area contributed by atoms with Crippen molar-refractivity contribution >= 4 is 0 Å². The Morgan fingerprint density at radius 1 is 1.45 bits per heavy atom. The summed E-state index contributed by atoms with van der Waals surface area (Å²) in [6.07, 6.45) is 0. The number of likely N-dealkylation sites (N-methyl/N-ethyl adjacent to an activating group) is 1. The van der Waals surface area contributed by atoms with Gasteiger partial charge in [0, 0.05) is 6.54 Å². The zero-order valence-electron chi connectivity index (χ0n) is 7.71. The normalized spacial score (nSPS) is 17.2. The van der Waals surface area contributed by atoms with Gasteiger partial charge in [0.2, 0.25) is 0 Å². The zero-order chi connectivity index (χ0) is 8.69. The van der Waals surface area contributed by atoms with E-state index in [0.29, 0.717) is 6.04 Å². The lowest BCUT2D eigenvalue weighted by Crippen LogP contribution is -2.47. The number of ether oxygens (including phenoxy) is 1. The molecule has 0 amide bonds. The second-order valence-corrected chi connectivity index (χ2v) is 2.40. The molecule has 3 heteroatoms. The van der Waals surface area contributed by atoms with Crippen LogP contribution < -0.4 is 0 Å². The van der Waals surface area contributed by atoms with E-state index in [1.54, 1.807) is 0 Å². The molecule has 1 N–H and O–H groups in total. The van der Waals surface area contributed by atoms with Gasteiger partial charge >= 0.3 is 0 Å². The van der Waals surface area contributed by atoms with Crippen LogP contribution >= 0.6 is 0 Å². The Bertz CT molecular complexity index is 84.2. The van der Waals surface area contributed by atoms with E-state index in [2.05, 4.69) is 4.90 Å². The Morgan fingerprint density at radius 3 is 2.27 bits per heavy atom. The van der Waals surface area contributed by atoms with E-state index in [0.717, 1.165) is 19.8 Å². The lowest BCUT2D eigenvalue weighted by Gasteiger charge is -2.33. The molecule has 0 spiro atoms. The molecule has 0 aliphatic carbocycles. The van der Waals surface area contributed by atoms with Crippen molar-refractivity contribution in [2.75, 3.05) is 33.4 Å². The maximum atomic E-state index is 8.52. The minimum Gasteiger partial charge on any atom is -0.395 e. The van der Waals surface area contributed by atoms with Gasteiger partial charge in [0.1, 0.15) is 0 Å². The first-order valence-corrected chi connectivity index (χ1v) is 4.23. The molecule has 1 fully saturated rings. The van der Waals surface area contributed by atoms with Crippen LogP contribution in [0.2, 0.25) is 0 Å². The molecule has 11 heavy (non-hydrogen) atoms. The third-order valence-electron chi connectivity index (χ3n) is 1.70. The SMILES string of the molecule is CC.CN(CCO)C1COC1. The first-order valence-electron chi connectivity index (χ1n) is 4.23. The number of hydrogen-bond donors (Lipinski definition) is 1. The first-order chi connectivity index (χ1) is 5.34. The molecule has 0 bridgehead atoms. The summed E-state index contributed by atoms with van der Waals surface area (Å²) in [4.78, 5) is 2.11. The lowest BCUT2D eigenvalue weighted by molar-refractivity contribution is -0.0589. The highest BCUT2D eigenvalue weighted by Gasteiger charge is 2.21. The van der Waals surface area contributed by atoms with Crippen molar-refractivity contribution in [3.8, 4) is 0 Å². The molecule has 0 unspecified atom stereocenters. The summed E-state index contributed by atoms with van der Waals surface area (Å²) in [5.74, 6) is 0. The van der Waals surface area contributed by atoms with Gasteiger partial charge in [-0.3, -0.25) is 4.90 Å². The molecule has 0 saturated carbocycles. The molecule has 1 heterocycles. The predicted octanol–water partition coefficient (Wildman–Crippen LogP) is 0.335. The smallest absolute Gasteiger partial charge is 0.0645 e. The van der Waals surface area contributed by atoms with E-state index in [1.165, 1.54) is 0 Å². The number of hydrogen-bond acceptors (Lipinski definition) is 3. The molecule has 1 aliphatic rings. The highest BCUT2D eigenvalue weighted by atomic mass is 16.5. The van der Waals surface area contributed by atoms with E-state index in [1.807, 2.05) is 20.9 Å². The summed E-state index contributed by atoms with van der Waals surface area (Å²) in [7, 11) is 2.00. The molecule has 0 aromatic carbocycles. The Hall–Kier alpha value is -0.120. The summed E-state index contributed by atoms with van der Waals surface area (Å²) < 4.78 is 4.98. The molecule has 1 rings (SSSR count). The standard InChI is InChI=1S/C6H13NO2.C2H6/c1-7(2-3-8)6-4-9-5-6;1-2/h6,8H,2-5H2,1H3;1-2H3. The summed E-state index contributed by atoms with van der Waals surface area (Å²) >= 11 is 0. The second kappa shape index (κ2) is 6.58. The van der Waals surface area contributed by atoms with Crippen molar-refractivity contribution in [3.05, 3.63) is 0 Å². The lowest BCUT2D eigenvalue weighted by atomic mass is 10.2. The molecule has 68 valence electrons. The van der Waals surface area contributed by atoms with Crippen molar-refractivity contribution in [3.63, 3.8) is 0 Å². The second-order valence-electron chi connectivity index (χ2n) is 2.40. The average molecular weight is 161 g/mol. The van der Waals surface area contributed by atoms with E-state index >= 15 is 0 Å². The number of aliphatic hydroxyl groups is 1. The maximum absolute atomic E-state index is 8.52. The quantitative estimate of drug-likeness (QED) is 0.647. The molecule has 3 nitrogen and oxygen atoms in total. The molecule has 1 saturated heterocycles. The minimum absolute atomic E-state index is 0.243.